The summed E-state index contributed by atoms with van der Waals surface area (Å²) in [6, 6.07) is 11.4. The quantitative estimate of drug-likeness (QED) is 0.621. The van der Waals surface area contributed by atoms with Crippen LogP contribution >= 0.6 is 15.9 Å². The summed E-state index contributed by atoms with van der Waals surface area (Å²) in [4.78, 5) is 27.6. The molecule has 1 aromatic carbocycles. The number of halogens is 1. The Morgan fingerprint density at radius 3 is 2.89 bits per heavy atom. The second-order valence-corrected chi connectivity index (χ2v) is 7.56. The largest absolute Gasteiger partial charge is 0.372 e. The van der Waals surface area contributed by atoms with Crippen molar-refractivity contribution in [2.45, 2.75) is 12.5 Å². The third-order valence-corrected chi connectivity index (χ3v) is 5.23. The first-order valence-electron chi connectivity index (χ1n) is 9.08. The predicted molar refractivity (Wildman–Crippen MR) is 110 cm³/mol. The fourth-order valence-corrected chi connectivity index (χ4v) is 3.72. The van der Waals surface area contributed by atoms with Crippen LogP contribution < -0.4 is 10.5 Å². The number of ether oxygens (including phenoxy) is 1. The van der Waals surface area contributed by atoms with E-state index in [-0.39, 0.29) is 11.7 Å². The van der Waals surface area contributed by atoms with Gasteiger partial charge in [-0.15, -0.1) is 0 Å². The van der Waals surface area contributed by atoms with Gasteiger partial charge in [-0.1, -0.05) is 28.1 Å². The third-order valence-electron chi connectivity index (χ3n) is 4.74. The van der Waals surface area contributed by atoms with Crippen LogP contribution in [0.3, 0.4) is 0 Å². The van der Waals surface area contributed by atoms with Crippen LogP contribution in [0.25, 0.3) is 11.4 Å². The van der Waals surface area contributed by atoms with Gasteiger partial charge in [-0.3, -0.25) is 9.36 Å². The molecule has 28 heavy (non-hydrogen) atoms. The Kier molecular flexibility index (Phi) is 5.50. The fraction of sp³-hybridized carbons (Fsp3) is 0.300. The number of hydrogen-bond acceptors (Lipinski definition) is 6. The minimum atomic E-state index is -0.122. The molecule has 1 atom stereocenters. The summed E-state index contributed by atoms with van der Waals surface area (Å²) in [7, 11) is 1.74. The van der Waals surface area contributed by atoms with Crippen LogP contribution in [0.15, 0.2) is 58.2 Å². The molecule has 0 amide bonds. The maximum atomic E-state index is 12.6. The molecule has 8 heteroatoms. The summed E-state index contributed by atoms with van der Waals surface area (Å²) in [5, 5.41) is 0. The average Bonchev–Trinajstić information content (AvgIpc) is 2.97. The van der Waals surface area contributed by atoms with Gasteiger partial charge in [0.05, 0.1) is 17.9 Å². The lowest BCUT2D eigenvalue weighted by Crippen LogP contribution is -2.34. The second kappa shape index (κ2) is 8.20. The molecule has 2 aromatic heterocycles. The van der Waals surface area contributed by atoms with E-state index in [9.17, 15) is 4.79 Å². The van der Waals surface area contributed by atoms with Crippen molar-refractivity contribution in [3.05, 3.63) is 69.3 Å². The van der Waals surface area contributed by atoms with Gasteiger partial charge in [0.15, 0.2) is 0 Å². The molecule has 1 aliphatic rings. The summed E-state index contributed by atoms with van der Waals surface area (Å²) in [6.45, 7) is 2.04. The van der Waals surface area contributed by atoms with Gasteiger partial charge in [-0.05, 0) is 30.2 Å². The molecular weight excluding hydrogens is 422 g/mol. The van der Waals surface area contributed by atoms with Gasteiger partial charge in [0.25, 0.3) is 5.56 Å². The molecule has 1 aliphatic heterocycles. The first-order valence-corrected chi connectivity index (χ1v) is 9.87. The summed E-state index contributed by atoms with van der Waals surface area (Å²) in [5.74, 6) is 0.617. The van der Waals surface area contributed by atoms with Gasteiger partial charge < -0.3 is 9.64 Å². The highest BCUT2D eigenvalue weighted by molar-refractivity contribution is 9.10. The Morgan fingerprint density at radius 2 is 2.11 bits per heavy atom. The van der Waals surface area contributed by atoms with Gasteiger partial charge in [-0.2, -0.15) is 0 Å². The molecule has 1 unspecified atom stereocenters. The monoisotopic (exact) mass is 441 g/mol. The molecule has 0 saturated carbocycles. The molecule has 0 N–H and O–H groups in total. The van der Waals surface area contributed by atoms with E-state index in [2.05, 4.69) is 42.9 Å². The van der Waals surface area contributed by atoms with E-state index >= 15 is 0 Å². The highest BCUT2D eigenvalue weighted by Crippen LogP contribution is 2.27. The first-order chi connectivity index (χ1) is 13.6. The van der Waals surface area contributed by atoms with Crippen molar-refractivity contribution in [2.24, 2.45) is 7.05 Å². The zero-order chi connectivity index (χ0) is 19.5. The molecule has 0 bridgehead atoms. The molecular formula is C20H20BrN5O2. The van der Waals surface area contributed by atoms with Crippen LogP contribution in [0.1, 0.15) is 18.1 Å². The maximum absolute atomic E-state index is 12.6. The fourth-order valence-electron chi connectivity index (χ4n) is 3.30. The van der Waals surface area contributed by atoms with Crippen molar-refractivity contribution in [1.82, 2.24) is 19.5 Å². The lowest BCUT2D eigenvalue weighted by atomic mass is 10.1. The molecule has 4 rings (SSSR count). The number of nitrogens with zero attached hydrogens (tertiary/aromatic N) is 5. The SMILES string of the molecule is Cn1c(N2CCCOC(c3cccc(Br)c3)C2)nc(-c2ccncn2)cc1=O. The van der Waals surface area contributed by atoms with Gasteiger partial charge >= 0.3 is 0 Å². The van der Waals surface area contributed by atoms with Crippen molar-refractivity contribution < 1.29 is 4.74 Å². The Hall–Kier alpha value is -2.58. The van der Waals surface area contributed by atoms with E-state index in [0.29, 0.717) is 30.5 Å². The predicted octanol–water partition coefficient (Wildman–Crippen LogP) is 2.97. The molecule has 0 aliphatic carbocycles. The Morgan fingerprint density at radius 1 is 1.21 bits per heavy atom. The van der Waals surface area contributed by atoms with Crippen molar-refractivity contribution in [1.29, 1.82) is 0 Å². The molecule has 3 heterocycles. The van der Waals surface area contributed by atoms with Crippen LogP contribution in [-0.4, -0.2) is 39.2 Å². The zero-order valence-electron chi connectivity index (χ0n) is 15.5. The van der Waals surface area contributed by atoms with Crippen molar-refractivity contribution >= 4 is 21.9 Å². The second-order valence-electron chi connectivity index (χ2n) is 6.65. The van der Waals surface area contributed by atoms with Crippen molar-refractivity contribution in [2.75, 3.05) is 24.6 Å². The molecule has 7 nitrogen and oxygen atoms in total. The Balaban J connectivity index is 1.70. The van der Waals surface area contributed by atoms with Crippen LogP contribution in [0.2, 0.25) is 0 Å². The van der Waals surface area contributed by atoms with E-state index in [0.717, 1.165) is 23.0 Å². The van der Waals surface area contributed by atoms with E-state index in [1.54, 1.807) is 23.9 Å². The minimum Gasteiger partial charge on any atom is -0.372 e. The Bertz CT molecular complexity index is 1020. The lowest BCUT2D eigenvalue weighted by molar-refractivity contribution is 0.0685. The van der Waals surface area contributed by atoms with E-state index < -0.39 is 0 Å². The maximum Gasteiger partial charge on any atom is 0.255 e. The normalized spacial score (nSPS) is 17.4. The van der Waals surface area contributed by atoms with Gasteiger partial charge in [0.1, 0.15) is 12.4 Å². The van der Waals surface area contributed by atoms with Gasteiger partial charge in [0.2, 0.25) is 5.95 Å². The van der Waals surface area contributed by atoms with Gasteiger partial charge in [0, 0.05) is 36.9 Å². The topological polar surface area (TPSA) is 73.1 Å². The highest BCUT2D eigenvalue weighted by atomic mass is 79.9. The summed E-state index contributed by atoms with van der Waals surface area (Å²) >= 11 is 3.53. The zero-order valence-corrected chi connectivity index (χ0v) is 17.0. The smallest absolute Gasteiger partial charge is 0.255 e. The number of hydrogen-bond donors (Lipinski definition) is 0. The third kappa shape index (κ3) is 3.98. The minimum absolute atomic E-state index is 0.0976. The van der Waals surface area contributed by atoms with E-state index in [1.165, 1.54) is 12.4 Å². The number of aromatic nitrogens is 4. The molecule has 0 radical (unpaired) electrons. The van der Waals surface area contributed by atoms with Crippen LogP contribution in [-0.2, 0) is 11.8 Å². The number of benzene rings is 1. The summed E-state index contributed by atoms with van der Waals surface area (Å²) in [5.41, 5.74) is 2.15. The molecule has 144 valence electrons. The van der Waals surface area contributed by atoms with E-state index in [1.807, 2.05) is 12.1 Å². The lowest BCUT2D eigenvalue weighted by Gasteiger charge is -2.26. The highest BCUT2D eigenvalue weighted by Gasteiger charge is 2.24. The van der Waals surface area contributed by atoms with Crippen molar-refractivity contribution in [3.63, 3.8) is 0 Å². The molecule has 3 aromatic rings. The average molecular weight is 442 g/mol. The first kappa shape index (κ1) is 18.8. The number of anilines is 1. The molecule has 0 spiro atoms. The Labute approximate surface area is 171 Å². The van der Waals surface area contributed by atoms with Gasteiger partial charge in [-0.25, -0.2) is 15.0 Å². The standard InChI is InChI=1S/C20H20BrN5O2/c1-25-19(27)11-17(16-6-7-22-13-23-16)24-20(25)26-8-3-9-28-18(12-26)14-4-2-5-15(21)10-14/h2,4-7,10-11,13,18H,3,8-9,12H2,1H3. The van der Waals surface area contributed by atoms with E-state index in [4.69, 9.17) is 9.72 Å². The van der Waals surface area contributed by atoms with Crippen LogP contribution in [0.4, 0.5) is 5.95 Å². The summed E-state index contributed by atoms with van der Waals surface area (Å²) < 4.78 is 8.67. The van der Waals surface area contributed by atoms with Crippen molar-refractivity contribution in [3.8, 4) is 11.4 Å². The van der Waals surface area contributed by atoms with Crippen LogP contribution in [0, 0.1) is 0 Å². The number of rotatable bonds is 3. The molecule has 1 saturated heterocycles. The van der Waals surface area contributed by atoms with Crippen LogP contribution in [0.5, 0.6) is 0 Å². The molecule has 1 fully saturated rings. The summed E-state index contributed by atoms with van der Waals surface area (Å²) in [6.07, 6.45) is 3.86.